The van der Waals surface area contributed by atoms with Crippen molar-refractivity contribution in [1.82, 2.24) is 19.9 Å². The van der Waals surface area contributed by atoms with E-state index in [1.807, 2.05) is 39.1 Å². The molecule has 2 N–H and O–H groups in total. The number of fused-ring (bicyclic) bond motifs is 1. The maximum Gasteiger partial charge on any atom is 0.272 e. The number of rotatable bonds is 5. The molecule has 3 aromatic rings. The molecule has 0 radical (unpaired) electrons. The Balaban J connectivity index is 1.65. The predicted molar refractivity (Wildman–Crippen MR) is 117 cm³/mol. The van der Waals surface area contributed by atoms with Gasteiger partial charge in [-0.2, -0.15) is 0 Å². The molecule has 4 heterocycles. The van der Waals surface area contributed by atoms with Crippen LogP contribution in [0.4, 0.5) is 0 Å². The van der Waals surface area contributed by atoms with Gasteiger partial charge in [-0.1, -0.05) is 13.8 Å². The van der Waals surface area contributed by atoms with Crippen LogP contribution in [0.25, 0.3) is 5.65 Å². The lowest BCUT2D eigenvalue weighted by Crippen LogP contribution is -2.33. The molecule has 1 atom stereocenters. The van der Waals surface area contributed by atoms with Crippen molar-refractivity contribution in [3.05, 3.63) is 55.3 Å². The van der Waals surface area contributed by atoms with E-state index in [0.717, 1.165) is 42.2 Å². The summed E-state index contributed by atoms with van der Waals surface area (Å²) in [4.78, 5) is 31.6. The van der Waals surface area contributed by atoms with E-state index in [2.05, 4.69) is 10.4 Å². The Kier molecular flexibility index (Phi) is 5.79. The van der Waals surface area contributed by atoms with Crippen molar-refractivity contribution in [3.63, 3.8) is 0 Å². The number of hydrogen-bond donors (Lipinski definition) is 2. The van der Waals surface area contributed by atoms with Crippen molar-refractivity contribution in [3.8, 4) is 0 Å². The Morgan fingerprint density at radius 1 is 1.30 bits per heavy atom. The van der Waals surface area contributed by atoms with Gasteiger partial charge in [-0.05, 0) is 38.2 Å². The van der Waals surface area contributed by atoms with Crippen LogP contribution in [0.1, 0.15) is 70.8 Å². The number of ether oxygens (including phenoxy) is 1. The summed E-state index contributed by atoms with van der Waals surface area (Å²) < 4.78 is 6.93. The Bertz CT molecular complexity index is 1120. The minimum Gasteiger partial charge on any atom is -0.381 e. The first-order chi connectivity index (χ1) is 14.3. The molecule has 0 aliphatic carbocycles. The summed E-state index contributed by atoms with van der Waals surface area (Å²) in [6.45, 7) is 9.47. The van der Waals surface area contributed by atoms with E-state index < -0.39 is 0 Å². The number of aromatic amines is 1. The van der Waals surface area contributed by atoms with Gasteiger partial charge >= 0.3 is 0 Å². The third-order valence-corrected chi connectivity index (χ3v) is 6.97. The highest BCUT2D eigenvalue weighted by molar-refractivity contribution is 7.10. The van der Waals surface area contributed by atoms with E-state index in [9.17, 15) is 9.59 Å². The van der Waals surface area contributed by atoms with E-state index in [-0.39, 0.29) is 23.4 Å². The molecule has 7 nitrogen and oxygen atoms in total. The molecule has 160 valence electrons. The summed E-state index contributed by atoms with van der Waals surface area (Å²) >= 11 is 1.57. The second-order valence-corrected chi connectivity index (χ2v) is 9.42. The van der Waals surface area contributed by atoms with Gasteiger partial charge in [-0.3, -0.25) is 14.7 Å². The number of thiophene rings is 1. The normalized spacial score (nSPS) is 16.3. The lowest BCUT2D eigenvalue weighted by molar-refractivity contribution is 0.0844. The van der Waals surface area contributed by atoms with Gasteiger partial charge in [-0.25, -0.2) is 9.50 Å². The molecular formula is C22H28N4O3S. The Hall–Kier alpha value is -2.45. The molecule has 4 rings (SSSR count). The number of H-pyrrole nitrogens is 1. The molecule has 1 fully saturated rings. The standard InChI is InChI=1S/C22H28N4O3S/c1-12(2)21(24-22(28)16-11-30-14(4)13(16)3)18-10-20(27)26-19(23-18)9-17(25-26)15-5-7-29-8-6-15/h9-12,15,21,25H,5-8H2,1-4H3,(H,24,28)/t21-/m1/s1. The Morgan fingerprint density at radius 2 is 2.03 bits per heavy atom. The molecule has 1 aliphatic heterocycles. The fourth-order valence-electron chi connectivity index (χ4n) is 3.94. The zero-order valence-corrected chi connectivity index (χ0v) is 18.6. The summed E-state index contributed by atoms with van der Waals surface area (Å²) in [6.07, 6.45) is 1.86. The maximum absolute atomic E-state index is 12.9. The molecule has 1 amide bonds. The maximum atomic E-state index is 12.9. The van der Waals surface area contributed by atoms with Gasteiger partial charge in [-0.15, -0.1) is 11.3 Å². The molecule has 0 unspecified atom stereocenters. The number of aromatic nitrogens is 3. The average Bonchev–Trinajstić information content (AvgIpc) is 3.30. The van der Waals surface area contributed by atoms with Crippen LogP contribution in [0.5, 0.6) is 0 Å². The van der Waals surface area contributed by atoms with Gasteiger partial charge in [0.05, 0.1) is 17.3 Å². The fraction of sp³-hybridized carbons (Fsp3) is 0.500. The number of hydrogen-bond acceptors (Lipinski definition) is 5. The molecule has 8 heteroatoms. The van der Waals surface area contributed by atoms with Crippen molar-refractivity contribution in [1.29, 1.82) is 0 Å². The lowest BCUT2D eigenvalue weighted by Gasteiger charge is -2.22. The highest BCUT2D eigenvalue weighted by atomic mass is 32.1. The SMILES string of the molecule is Cc1scc(C(=O)N[C@@H](c2cc(=O)n3[nH]c(C4CCOCC4)cc3n2)C(C)C)c1C. The number of carbonyl (C=O) groups is 1. The predicted octanol–water partition coefficient (Wildman–Crippen LogP) is 3.72. The van der Waals surface area contributed by atoms with Gasteiger partial charge in [0.25, 0.3) is 11.5 Å². The van der Waals surface area contributed by atoms with E-state index >= 15 is 0 Å². The first-order valence-corrected chi connectivity index (χ1v) is 11.3. The van der Waals surface area contributed by atoms with Crippen LogP contribution in [0.15, 0.2) is 22.3 Å². The second kappa shape index (κ2) is 8.35. The molecule has 1 saturated heterocycles. The third kappa shape index (κ3) is 3.94. The zero-order chi connectivity index (χ0) is 21.4. The van der Waals surface area contributed by atoms with Crippen molar-refractivity contribution >= 4 is 22.9 Å². The van der Waals surface area contributed by atoms with Crippen LogP contribution in [0.2, 0.25) is 0 Å². The Labute approximate surface area is 179 Å². The first-order valence-electron chi connectivity index (χ1n) is 10.4. The minimum atomic E-state index is -0.351. The number of nitrogens with one attached hydrogen (secondary N) is 2. The summed E-state index contributed by atoms with van der Waals surface area (Å²) in [7, 11) is 0. The number of aryl methyl sites for hydroxylation is 1. The highest BCUT2D eigenvalue weighted by Crippen LogP contribution is 2.27. The molecular weight excluding hydrogens is 400 g/mol. The largest absolute Gasteiger partial charge is 0.381 e. The van der Waals surface area contributed by atoms with Crippen molar-refractivity contribution in [2.24, 2.45) is 5.92 Å². The molecule has 0 aromatic carbocycles. The van der Waals surface area contributed by atoms with Gasteiger partial charge in [0.15, 0.2) is 5.65 Å². The Morgan fingerprint density at radius 3 is 2.67 bits per heavy atom. The van der Waals surface area contributed by atoms with E-state index in [4.69, 9.17) is 9.72 Å². The van der Waals surface area contributed by atoms with Crippen molar-refractivity contribution < 1.29 is 9.53 Å². The molecule has 0 bridgehead atoms. The average molecular weight is 429 g/mol. The summed E-state index contributed by atoms with van der Waals surface area (Å²) in [5.74, 6) is 0.292. The van der Waals surface area contributed by atoms with Gasteiger partial charge in [0, 0.05) is 47.2 Å². The lowest BCUT2D eigenvalue weighted by atomic mass is 9.97. The zero-order valence-electron chi connectivity index (χ0n) is 17.8. The van der Waals surface area contributed by atoms with E-state index in [0.29, 0.717) is 22.8 Å². The summed E-state index contributed by atoms with van der Waals surface area (Å²) in [6, 6.07) is 3.12. The fourth-order valence-corrected chi connectivity index (χ4v) is 4.81. The van der Waals surface area contributed by atoms with Crippen LogP contribution >= 0.6 is 11.3 Å². The highest BCUT2D eigenvalue weighted by Gasteiger charge is 2.24. The summed E-state index contributed by atoms with van der Waals surface area (Å²) in [5, 5.41) is 8.19. The van der Waals surface area contributed by atoms with Crippen molar-refractivity contribution in [2.45, 2.75) is 52.5 Å². The van der Waals surface area contributed by atoms with E-state index in [1.54, 1.807) is 11.3 Å². The molecule has 0 saturated carbocycles. The monoisotopic (exact) mass is 428 g/mol. The molecule has 1 aliphatic rings. The topological polar surface area (TPSA) is 88.5 Å². The second-order valence-electron chi connectivity index (χ2n) is 8.34. The van der Waals surface area contributed by atoms with Crippen LogP contribution < -0.4 is 10.9 Å². The molecule has 3 aromatic heterocycles. The number of nitrogens with zero attached hydrogens (tertiary/aromatic N) is 2. The van der Waals surface area contributed by atoms with Crippen LogP contribution in [0, 0.1) is 19.8 Å². The van der Waals surface area contributed by atoms with Gasteiger partial charge in [0.2, 0.25) is 0 Å². The third-order valence-electron chi connectivity index (χ3n) is 5.95. The molecule has 30 heavy (non-hydrogen) atoms. The van der Waals surface area contributed by atoms with Gasteiger partial charge in [0.1, 0.15) is 0 Å². The number of amides is 1. The smallest absolute Gasteiger partial charge is 0.272 e. The minimum absolute atomic E-state index is 0.0808. The van der Waals surface area contributed by atoms with Gasteiger partial charge < -0.3 is 10.1 Å². The van der Waals surface area contributed by atoms with Crippen LogP contribution in [-0.2, 0) is 4.74 Å². The number of carbonyl (C=O) groups excluding carboxylic acids is 1. The molecule has 0 spiro atoms. The van der Waals surface area contributed by atoms with E-state index in [1.165, 1.54) is 10.6 Å². The quantitative estimate of drug-likeness (QED) is 0.648. The first kappa shape index (κ1) is 20.8. The van der Waals surface area contributed by atoms with Crippen LogP contribution in [0.3, 0.4) is 0 Å². The van der Waals surface area contributed by atoms with Crippen LogP contribution in [-0.4, -0.2) is 33.7 Å². The van der Waals surface area contributed by atoms with Crippen molar-refractivity contribution in [2.75, 3.05) is 13.2 Å². The summed E-state index contributed by atoms with van der Waals surface area (Å²) in [5.41, 5.74) is 3.69.